The molecule has 1 N–H and O–H groups in total. The molecule has 2 unspecified atom stereocenters. The summed E-state index contributed by atoms with van der Waals surface area (Å²) in [5, 5.41) is 5.84. The maximum atomic E-state index is 11.1. The normalized spacial score (nSPS) is 14.5. The van der Waals surface area contributed by atoms with Crippen molar-refractivity contribution in [1.29, 1.82) is 0 Å². The molecule has 2 rings (SSSR count). The van der Waals surface area contributed by atoms with E-state index in [0.29, 0.717) is 5.75 Å². The maximum Gasteiger partial charge on any atom is 0.0431 e. The van der Waals surface area contributed by atoms with Crippen LogP contribution in [0.4, 0.5) is 5.69 Å². The third kappa shape index (κ3) is 3.30. The van der Waals surface area contributed by atoms with Gasteiger partial charge in [0.2, 0.25) is 0 Å². The lowest BCUT2D eigenvalue weighted by atomic mass is 10.1. The van der Waals surface area contributed by atoms with Gasteiger partial charge < -0.3 is 5.32 Å². The highest BCUT2D eigenvalue weighted by Crippen LogP contribution is 2.19. The van der Waals surface area contributed by atoms with Crippen LogP contribution in [0.25, 0.3) is 10.8 Å². The highest BCUT2D eigenvalue weighted by atomic mass is 32.2. The van der Waals surface area contributed by atoms with Gasteiger partial charge in [-0.25, -0.2) is 0 Å². The minimum Gasteiger partial charge on any atom is -0.382 e. The van der Waals surface area contributed by atoms with Crippen molar-refractivity contribution >= 4 is 27.3 Å². The van der Waals surface area contributed by atoms with Crippen molar-refractivity contribution in [3.8, 4) is 0 Å². The zero-order valence-corrected chi connectivity index (χ0v) is 11.0. The number of hydrogen-bond donors (Lipinski definition) is 1. The monoisotopic (exact) mass is 247 g/mol. The molecule has 0 bridgehead atoms. The lowest BCUT2D eigenvalue weighted by molar-refractivity contribution is 0.683. The van der Waals surface area contributed by atoms with Crippen molar-refractivity contribution in [1.82, 2.24) is 0 Å². The van der Waals surface area contributed by atoms with Crippen molar-refractivity contribution in [3.05, 3.63) is 42.5 Å². The van der Waals surface area contributed by atoms with E-state index in [1.807, 2.05) is 12.1 Å². The first kappa shape index (κ1) is 12.1. The Labute approximate surface area is 104 Å². The van der Waals surface area contributed by atoms with Crippen LogP contribution in [0.15, 0.2) is 42.5 Å². The Morgan fingerprint density at radius 3 is 2.59 bits per heavy atom. The molecule has 2 aromatic carbocycles. The molecule has 2 atom stereocenters. The first-order valence-corrected chi connectivity index (χ1v) is 7.43. The summed E-state index contributed by atoms with van der Waals surface area (Å²) in [4.78, 5) is 0. The van der Waals surface area contributed by atoms with Crippen molar-refractivity contribution < 1.29 is 4.21 Å². The summed E-state index contributed by atoms with van der Waals surface area (Å²) in [6.07, 6.45) is 1.73. The Hall–Kier alpha value is -1.35. The first-order chi connectivity index (χ1) is 8.15. The Kier molecular flexibility index (Phi) is 3.79. The van der Waals surface area contributed by atoms with Crippen molar-refractivity contribution in [2.45, 2.75) is 13.0 Å². The second-order valence-corrected chi connectivity index (χ2v) is 5.83. The van der Waals surface area contributed by atoms with Crippen LogP contribution in [-0.2, 0) is 10.8 Å². The van der Waals surface area contributed by atoms with Crippen molar-refractivity contribution in [3.63, 3.8) is 0 Å². The van der Waals surface area contributed by atoms with Gasteiger partial charge in [0, 0.05) is 34.5 Å². The molecule has 0 saturated heterocycles. The standard InChI is InChI=1S/C14H17NOS/c1-11(10-17(2)16)15-14-8-7-12-5-3-4-6-13(12)9-14/h3-9,11,15H,10H2,1-2H3. The van der Waals surface area contributed by atoms with Gasteiger partial charge in [0.05, 0.1) is 0 Å². The van der Waals surface area contributed by atoms with Gasteiger partial charge in [0.1, 0.15) is 0 Å². The molecule has 0 aliphatic carbocycles. The number of benzene rings is 2. The third-order valence-electron chi connectivity index (χ3n) is 2.65. The van der Waals surface area contributed by atoms with Crippen LogP contribution in [0.3, 0.4) is 0 Å². The molecule has 0 aliphatic rings. The van der Waals surface area contributed by atoms with Crippen molar-refractivity contribution in [2.24, 2.45) is 0 Å². The van der Waals surface area contributed by atoms with Gasteiger partial charge in [0.25, 0.3) is 0 Å². The Morgan fingerprint density at radius 1 is 1.18 bits per heavy atom. The summed E-state index contributed by atoms with van der Waals surface area (Å²) in [5.74, 6) is 0.673. The van der Waals surface area contributed by atoms with Crippen LogP contribution in [0.5, 0.6) is 0 Å². The summed E-state index contributed by atoms with van der Waals surface area (Å²) in [7, 11) is -0.759. The predicted octanol–water partition coefficient (Wildman–Crippen LogP) is 3.02. The molecule has 90 valence electrons. The zero-order chi connectivity index (χ0) is 12.3. The number of hydrogen-bond acceptors (Lipinski definition) is 2. The molecule has 0 aromatic heterocycles. The molecular weight excluding hydrogens is 230 g/mol. The quantitative estimate of drug-likeness (QED) is 0.900. The van der Waals surface area contributed by atoms with Gasteiger partial charge in [-0.2, -0.15) is 0 Å². The molecule has 0 fully saturated rings. The topological polar surface area (TPSA) is 29.1 Å². The van der Waals surface area contributed by atoms with E-state index in [1.54, 1.807) is 6.26 Å². The van der Waals surface area contributed by atoms with E-state index in [9.17, 15) is 4.21 Å². The van der Waals surface area contributed by atoms with Gasteiger partial charge in [0.15, 0.2) is 0 Å². The maximum absolute atomic E-state index is 11.1. The lowest BCUT2D eigenvalue weighted by Gasteiger charge is -2.14. The Balaban J connectivity index is 2.16. The molecular formula is C14H17NOS. The van der Waals surface area contributed by atoms with Crippen LogP contribution in [-0.4, -0.2) is 22.3 Å². The fourth-order valence-electron chi connectivity index (χ4n) is 1.96. The smallest absolute Gasteiger partial charge is 0.0431 e. The van der Waals surface area contributed by atoms with Crippen LogP contribution in [0.1, 0.15) is 6.92 Å². The molecule has 0 spiro atoms. The Bertz CT molecular complexity index is 538. The van der Waals surface area contributed by atoms with E-state index >= 15 is 0 Å². The fourth-order valence-corrected chi connectivity index (χ4v) is 2.74. The number of anilines is 1. The lowest BCUT2D eigenvalue weighted by Crippen LogP contribution is -2.22. The van der Waals surface area contributed by atoms with Crippen LogP contribution in [0.2, 0.25) is 0 Å². The van der Waals surface area contributed by atoms with Crippen molar-refractivity contribution in [2.75, 3.05) is 17.3 Å². The molecule has 0 saturated carbocycles. The molecule has 17 heavy (non-hydrogen) atoms. The summed E-state index contributed by atoms with van der Waals surface area (Å²) < 4.78 is 11.1. The number of fused-ring (bicyclic) bond motifs is 1. The minimum absolute atomic E-state index is 0.224. The van der Waals surface area contributed by atoms with E-state index in [1.165, 1.54) is 10.8 Å². The number of rotatable bonds is 4. The molecule has 0 radical (unpaired) electrons. The fraction of sp³-hybridized carbons (Fsp3) is 0.286. The second kappa shape index (κ2) is 5.32. The molecule has 3 heteroatoms. The summed E-state index contributed by atoms with van der Waals surface area (Å²) >= 11 is 0. The summed E-state index contributed by atoms with van der Waals surface area (Å²) in [5.41, 5.74) is 1.08. The van der Waals surface area contributed by atoms with Gasteiger partial charge in [-0.15, -0.1) is 0 Å². The average molecular weight is 247 g/mol. The molecule has 0 amide bonds. The zero-order valence-electron chi connectivity index (χ0n) is 10.1. The van der Waals surface area contributed by atoms with E-state index in [0.717, 1.165) is 5.69 Å². The van der Waals surface area contributed by atoms with Gasteiger partial charge in [-0.1, -0.05) is 30.3 Å². The van der Waals surface area contributed by atoms with E-state index in [-0.39, 0.29) is 6.04 Å². The first-order valence-electron chi connectivity index (χ1n) is 5.70. The molecule has 0 heterocycles. The predicted molar refractivity (Wildman–Crippen MR) is 76.0 cm³/mol. The van der Waals surface area contributed by atoms with Gasteiger partial charge >= 0.3 is 0 Å². The second-order valence-electron chi connectivity index (χ2n) is 4.35. The molecule has 2 nitrogen and oxygen atoms in total. The molecule has 0 aliphatic heterocycles. The van der Waals surface area contributed by atoms with Crippen LogP contribution >= 0.6 is 0 Å². The molecule has 2 aromatic rings. The van der Waals surface area contributed by atoms with Gasteiger partial charge in [-0.3, -0.25) is 4.21 Å². The van der Waals surface area contributed by atoms with Crippen LogP contribution in [0, 0.1) is 0 Å². The summed E-state index contributed by atoms with van der Waals surface area (Å²) in [6, 6.07) is 14.8. The van der Waals surface area contributed by atoms with E-state index in [4.69, 9.17) is 0 Å². The average Bonchev–Trinajstić information content (AvgIpc) is 2.27. The number of nitrogens with one attached hydrogen (secondary N) is 1. The van der Waals surface area contributed by atoms with E-state index < -0.39 is 10.8 Å². The minimum atomic E-state index is -0.759. The highest BCUT2D eigenvalue weighted by Gasteiger charge is 2.04. The summed E-state index contributed by atoms with van der Waals surface area (Å²) in [6.45, 7) is 2.05. The SMILES string of the molecule is CC(CS(C)=O)Nc1ccc2ccccc2c1. The van der Waals surface area contributed by atoms with Gasteiger partial charge in [-0.05, 0) is 29.8 Å². The Morgan fingerprint density at radius 2 is 1.88 bits per heavy atom. The highest BCUT2D eigenvalue weighted by molar-refractivity contribution is 7.84. The largest absolute Gasteiger partial charge is 0.382 e. The third-order valence-corrected chi connectivity index (χ3v) is 3.62. The van der Waals surface area contributed by atoms with Crippen LogP contribution < -0.4 is 5.32 Å². The van der Waals surface area contributed by atoms with E-state index in [2.05, 4.69) is 42.6 Å².